The fourth-order valence-corrected chi connectivity index (χ4v) is 1.55. The van der Waals surface area contributed by atoms with Gasteiger partial charge < -0.3 is 0 Å². The fourth-order valence-electron chi connectivity index (χ4n) is 1.55. The van der Waals surface area contributed by atoms with Crippen LogP contribution in [-0.2, 0) is 6.42 Å². The zero-order chi connectivity index (χ0) is 10.8. The van der Waals surface area contributed by atoms with E-state index in [1.165, 1.54) is 12.1 Å². The summed E-state index contributed by atoms with van der Waals surface area (Å²) in [5.41, 5.74) is 3.02. The smallest absolute Gasteiger partial charge is 0.123 e. The average molecular weight is 204 g/mol. The molecule has 0 aliphatic carbocycles. The molecule has 0 radical (unpaired) electrons. The summed E-state index contributed by atoms with van der Waals surface area (Å²) in [6.07, 6.45) is 0.912. The molecule has 2 rings (SSSR count). The molecule has 78 valence electrons. The molecule has 2 aromatic rings. The number of halogens is 1. The first-order chi connectivity index (χ1) is 7.20. The summed E-state index contributed by atoms with van der Waals surface area (Å²) in [5, 5.41) is 4.42. The van der Waals surface area contributed by atoms with Crippen LogP contribution in [0.4, 0.5) is 4.39 Å². The quantitative estimate of drug-likeness (QED) is 0.735. The molecule has 1 aromatic heterocycles. The molecular weight excluding hydrogens is 191 g/mol. The van der Waals surface area contributed by atoms with Crippen molar-refractivity contribution in [3.05, 3.63) is 47.5 Å². The van der Waals surface area contributed by atoms with Crippen LogP contribution in [-0.4, -0.2) is 9.78 Å². The number of aromatic nitrogens is 2. The maximum Gasteiger partial charge on any atom is 0.123 e. The van der Waals surface area contributed by atoms with Gasteiger partial charge in [0.25, 0.3) is 0 Å². The highest BCUT2D eigenvalue weighted by atomic mass is 19.1. The number of hydrogen-bond donors (Lipinski definition) is 0. The van der Waals surface area contributed by atoms with Gasteiger partial charge in [-0.25, -0.2) is 9.07 Å². The summed E-state index contributed by atoms with van der Waals surface area (Å²) >= 11 is 0. The minimum atomic E-state index is -0.223. The molecule has 0 atom stereocenters. The SMILES string of the molecule is CCc1cc(C)n(-c2ccc(F)cc2)n1. The molecule has 2 nitrogen and oxygen atoms in total. The minimum absolute atomic E-state index is 0.223. The van der Waals surface area contributed by atoms with Crippen LogP contribution < -0.4 is 0 Å². The van der Waals surface area contributed by atoms with Crippen LogP contribution in [0.1, 0.15) is 18.3 Å². The van der Waals surface area contributed by atoms with Gasteiger partial charge in [-0.05, 0) is 43.7 Å². The Morgan fingerprint density at radius 2 is 1.93 bits per heavy atom. The molecule has 0 aliphatic rings. The van der Waals surface area contributed by atoms with Crippen molar-refractivity contribution in [2.45, 2.75) is 20.3 Å². The van der Waals surface area contributed by atoms with E-state index in [0.717, 1.165) is 23.5 Å². The molecular formula is C12H13FN2. The summed E-state index contributed by atoms with van der Waals surface area (Å²) in [5.74, 6) is -0.223. The Bertz CT molecular complexity index is 457. The second kappa shape index (κ2) is 3.85. The van der Waals surface area contributed by atoms with E-state index < -0.39 is 0 Å². The highest BCUT2D eigenvalue weighted by molar-refractivity contribution is 5.33. The van der Waals surface area contributed by atoms with Gasteiger partial charge in [-0.15, -0.1) is 0 Å². The molecule has 15 heavy (non-hydrogen) atoms. The largest absolute Gasteiger partial charge is 0.238 e. The zero-order valence-electron chi connectivity index (χ0n) is 8.87. The Balaban J connectivity index is 2.44. The lowest BCUT2D eigenvalue weighted by molar-refractivity contribution is 0.627. The Hall–Kier alpha value is -1.64. The van der Waals surface area contributed by atoms with Gasteiger partial charge in [-0.3, -0.25) is 0 Å². The standard InChI is InChI=1S/C12H13FN2/c1-3-11-8-9(2)15(14-11)12-6-4-10(13)5-7-12/h4-8H,3H2,1-2H3. The number of hydrogen-bond acceptors (Lipinski definition) is 1. The lowest BCUT2D eigenvalue weighted by atomic mass is 10.3. The van der Waals surface area contributed by atoms with E-state index in [9.17, 15) is 4.39 Å². The molecule has 0 unspecified atom stereocenters. The topological polar surface area (TPSA) is 17.8 Å². The normalized spacial score (nSPS) is 10.6. The predicted octanol–water partition coefficient (Wildman–Crippen LogP) is 2.88. The number of benzene rings is 1. The molecule has 0 aliphatic heterocycles. The van der Waals surface area contributed by atoms with Gasteiger partial charge in [0, 0.05) is 5.69 Å². The maximum atomic E-state index is 12.7. The van der Waals surface area contributed by atoms with Crippen LogP contribution in [0.25, 0.3) is 5.69 Å². The third kappa shape index (κ3) is 1.91. The highest BCUT2D eigenvalue weighted by Crippen LogP contribution is 2.12. The van der Waals surface area contributed by atoms with Gasteiger partial charge in [0.05, 0.1) is 11.4 Å². The average Bonchev–Trinajstić information content (AvgIpc) is 2.61. The van der Waals surface area contributed by atoms with Gasteiger partial charge in [0.15, 0.2) is 0 Å². The molecule has 0 fully saturated rings. The van der Waals surface area contributed by atoms with Crippen molar-refractivity contribution in [2.24, 2.45) is 0 Å². The van der Waals surface area contributed by atoms with E-state index in [1.807, 2.05) is 17.7 Å². The highest BCUT2D eigenvalue weighted by Gasteiger charge is 2.04. The molecule has 0 saturated carbocycles. The van der Waals surface area contributed by atoms with Crippen LogP contribution in [0.5, 0.6) is 0 Å². The van der Waals surface area contributed by atoms with E-state index in [-0.39, 0.29) is 5.82 Å². The van der Waals surface area contributed by atoms with E-state index >= 15 is 0 Å². The summed E-state index contributed by atoms with van der Waals surface area (Å²) < 4.78 is 14.6. The summed E-state index contributed by atoms with van der Waals surface area (Å²) in [6.45, 7) is 4.06. The number of nitrogens with zero attached hydrogens (tertiary/aromatic N) is 2. The van der Waals surface area contributed by atoms with Gasteiger partial charge in [0.1, 0.15) is 5.82 Å². The predicted molar refractivity (Wildman–Crippen MR) is 57.6 cm³/mol. The number of aryl methyl sites for hydroxylation is 2. The Kier molecular flexibility index (Phi) is 2.54. The first kappa shape index (κ1) is 9.90. The summed E-state index contributed by atoms with van der Waals surface area (Å²) in [7, 11) is 0. The maximum absolute atomic E-state index is 12.7. The second-order valence-electron chi connectivity index (χ2n) is 3.52. The van der Waals surface area contributed by atoms with Crippen LogP contribution in [0, 0.1) is 12.7 Å². The monoisotopic (exact) mass is 204 g/mol. The Labute approximate surface area is 88.4 Å². The Morgan fingerprint density at radius 1 is 1.27 bits per heavy atom. The van der Waals surface area contributed by atoms with Crippen LogP contribution >= 0.6 is 0 Å². The third-order valence-electron chi connectivity index (χ3n) is 2.37. The van der Waals surface area contributed by atoms with Crippen LogP contribution in [0.15, 0.2) is 30.3 Å². The van der Waals surface area contributed by atoms with Crippen molar-refractivity contribution in [2.75, 3.05) is 0 Å². The van der Waals surface area contributed by atoms with E-state index in [4.69, 9.17) is 0 Å². The van der Waals surface area contributed by atoms with Gasteiger partial charge in [0.2, 0.25) is 0 Å². The number of rotatable bonds is 2. The van der Waals surface area contributed by atoms with E-state index in [0.29, 0.717) is 0 Å². The molecule has 0 saturated heterocycles. The minimum Gasteiger partial charge on any atom is -0.238 e. The first-order valence-corrected chi connectivity index (χ1v) is 5.02. The molecule has 1 heterocycles. The van der Waals surface area contributed by atoms with Gasteiger partial charge in [-0.2, -0.15) is 5.10 Å². The molecule has 0 amide bonds. The van der Waals surface area contributed by atoms with E-state index in [1.54, 1.807) is 12.1 Å². The zero-order valence-corrected chi connectivity index (χ0v) is 8.87. The van der Waals surface area contributed by atoms with Gasteiger partial charge >= 0.3 is 0 Å². The van der Waals surface area contributed by atoms with Gasteiger partial charge in [-0.1, -0.05) is 6.92 Å². The lowest BCUT2D eigenvalue weighted by Crippen LogP contribution is -1.99. The summed E-state index contributed by atoms with van der Waals surface area (Å²) in [6, 6.07) is 8.40. The first-order valence-electron chi connectivity index (χ1n) is 5.02. The lowest BCUT2D eigenvalue weighted by Gasteiger charge is -2.03. The van der Waals surface area contributed by atoms with Crippen LogP contribution in [0.3, 0.4) is 0 Å². The van der Waals surface area contributed by atoms with Crippen molar-refractivity contribution < 1.29 is 4.39 Å². The van der Waals surface area contributed by atoms with Crippen molar-refractivity contribution in [1.29, 1.82) is 0 Å². The van der Waals surface area contributed by atoms with Crippen molar-refractivity contribution in [3.8, 4) is 5.69 Å². The van der Waals surface area contributed by atoms with Crippen LogP contribution in [0.2, 0.25) is 0 Å². The third-order valence-corrected chi connectivity index (χ3v) is 2.37. The fraction of sp³-hybridized carbons (Fsp3) is 0.250. The molecule has 0 bridgehead atoms. The van der Waals surface area contributed by atoms with Crippen molar-refractivity contribution in [1.82, 2.24) is 9.78 Å². The second-order valence-corrected chi connectivity index (χ2v) is 3.52. The van der Waals surface area contributed by atoms with E-state index in [2.05, 4.69) is 12.0 Å². The summed E-state index contributed by atoms with van der Waals surface area (Å²) in [4.78, 5) is 0. The molecule has 1 aromatic carbocycles. The molecule has 0 spiro atoms. The Morgan fingerprint density at radius 3 is 2.47 bits per heavy atom. The molecule has 0 N–H and O–H groups in total. The van der Waals surface area contributed by atoms with Crippen molar-refractivity contribution >= 4 is 0 Å². The van der Waals surface area contributed by atoms with Crippen molar-refractivity contribution in [3.63, 3.8) is 0 Å². The molecule has 3 heteroatoms.